The van der Waals surface area contributed by atoms with Crippen LogP contribution in [0.15, 0.2) is 53.0 Å². The maximum absolute atomic E-state index is 3.50. The molecule has 0 unspecified atom stereocenters. The molecule has 0 spiro atoms. The number of halogens is 1. The van der Waals surface area contributed by atoms with Crippen LogP contribution in [0.2, 0.25) is 0 Å². The molecule has 3 saturated carbocycles. The van der Waals surface area contributed by atoms with Crippen LogP contribution in [0.25, 0.3) is 11.1 Å². The highest BCUT2D eigenvalue weighted by atomic mass is 79.9. The van der Waals surface area contributed by atoms with E-state index in [1.54, 1.807) is 5.56 Å². The fraction of sp³-hybridized carbons (Fsp3) is 0.400. The lowest BCUT2D eigenvalue weighted by molar-refractivity contribution is -0.146. The number of hydrogen-bond acceptors (Lipinski definition) is 0. The van der Waals surface area contributed by atoms with Gasteiger partial charge in [0.05, 0.1) is 0 Å². The molecule has 1 heteroatoms. The molecule has 3 fully saturated rings. The molecule has 3 aliphatic rings. The average Bonchev–Trinajstić information content (AvgIpc) is 2.42. The first-order valence-corrected chi connectivity index (χ1v) is 8.81. The van der Waals surface area contributed by atoms with Gasteiger partial charge in [0.25, 0.3) is 0 Å². The third-order valence-electron chi connectivity index (χ3n) is 5.60. The van der Waals surface area contributed by atoms with E-state index in [1.807, 2.05) is 0 Å². The van der Waals surface area contributed by atoms with Gasteiger partial charge in [0.2, 0.25) is 0 Å². The molecular formula is C20H21Br. The molecule has 21 heavy (non-hydrogen) atoms. The molecule has 0 N–H and O–H groups in total. The Morgan fingerprint density at radius 2 is 1.38 bits per heavy atom. The summed E-state index contributed by atoms with van der Waals surface area (Å²) in [5, 5.41) is 0. The summed E-state index contributed by atoms with van der Waals surface area (Å²) in [5.41, 5.74) is 5.47. The van der Waals surface area contributed by atoms with Crippen molar-refractivity contribution in [2.24, 2.45) is 5.41 Å². The summed E-state index contributed by atoms with van der Waals surface area (Å²) in [6.07, 6.45) is 7.09. The predicted octanol–water partition coefficient (Wildman–Crippen LogP) is 6.34. The molecule has 5 rings (SSSR count). The summed E-state index contributed by atoms with van der Waals surface area (Å²) in [7, 11) is 0. The van der Waals surface area contributed by atoms with Crippen molar-refractivity contribution in [3.63, 3.8) is 0 Å². The van der Waals surface area contributed by atoms with Gasteiger partial charge in [0.1, 0.15) is 0 Å². The minimum Gasteiger partial charge on any atom is -0.0654 e. The average molecular weight is 341 g/mol. The smallest absolute Gasteiger partial charge is 0.0175 e. The second-order valence-corrected chi connectivity index (χ2v) is 8.06. The van der Waals surface area contributed by atoms with Crippen LogP contribution in [0.4, 0.5) is 0 Å². The van der Waals surface area contributed by atoms with E-state index in [2.05, 4.69) is 71.4 Å². The minimum atomic E-state index is 0.549. The van der Waals surface area contributed by atoms with Crippen LogP contribution in [-0.2, 0) is 5.41 Å². The van der Waals surface area contributed by atoms with E-state index in [0.717, 1.165) is 9.89 Å². The van der Waals surface area contributed by atoms with Crippen LogP contribution in [0.3, 0.4) is 0 Å². The lowest BCUT2D eigenvalue weighted by atomic mass is 9.32. The first-order valence-electron chi connectivity index (χ1n) is 8.01. The Morgan fingerprint density at radius 3 is 1.90 bits per heavy atom. The molecule has 0 aliphatic heterocycles. The summed E-state index contributed by atoms with van der Waals surface area (Å²) in [6, 6.07) is 17.9. The Balaban J connectivity index is 1.52. The molecule has 0 radical (unpaired) electrons. The number of hydrogen-bond donors (Lipinski definition) is 0. The maximum Gasteiger partial charge on any atom is 0.0175 e. The van der Waals surface area contributed by atoms with Gasteiger partial charge in [0, 0.05) is 4.47 Å². The molecule has 0 saturated heterocycles. The molecule has 0 heterocycles. The van der Waals surface area contributed by atoms with Gasteiger partial charge in [-0.25, -0.2) is 0 Å². The molecule has 2 aromatic rings. The fourth-order valence-corrected chi connectivity index (χ4v) is 5.02. The molecule has 108 valence electrons. The lowest BCUT2D eigenvalue weighted by Crippen LogP contribution is -2.64. The van der Waals surface area contributed by atoms with Crippen LogP contribution >= 0.6 is 15.9 Å². The Morgan fingerprint density at radius 1 is 0.857 bits per heavy atom. The van der Waals surface area contributed by atoms with E-state index >= 15 is 0 Å². The minimum absolute atomic E-state index is 0.549. The van der Waals surface area contributed by atoms with Gasteiger partial charge in [-0.1, -0.05) is 65.7 Å². The summed E-state index contributed by atoms with van der Waals surface area (Å²) < 4.78 is 1.14. The van der Waals surface area contributed by atoms with Crippen molar-refractivity contribution in [1.29, 1.82) is 0 Å². The van der Waals surface area contributed by atoms with Gasteiger partial charge in [0.15, 0.2) is 0 Å². The second-order valence-electron chi connectivity index (χ2n) is 7.14. The van der Waals surface area contributed by atoms with Gasteiger partial charge in [-0.15, -0.1) is 0 Å². The third-order valence-corrected chi connectivity index (χ3v) is 6.12. The fourth-order valence-electron chi connectivity index (χ4n) is 4.76. The van der Waals surface area contributed by atoms with Crippen molar-refractivity contribution in [1.82, 2.24) is 0 Å². The predicted molar refractivity (Wildman–Crippen MR) is 92.4 cm³/mol. The molecule has 2 bridgehead atoms. The third kappa shape index (κ3) is 2.09. The second kappa shape index (κ2) is 4.71. The number of rotatable bonds is 4. The zero-order valence-electron chi connectivity index (χ0n) is 12.5. The van der Waals surface area contributed by atoms with Gasteiger partial charge in [-0.2, -0.15) is 0 Å². The van der Waals surface area contributed by atoms with Crippen LogP contribution in [0, 0.1) is 5.41 Å². The standard InChI is InChI=1S/C20H21Br/c1-2-11-19-12-20(13-19,14-19)17-7-3-15(4-8-17)16-5-9-18(21)10-6-16/h3-10H,2,11-14H2,1H3. The monoisotopic (exact) mass is 340 g/mol. The van der Waals surface area contributed by atoms with Gasteiger partial charge in [-0.3, -0.25) is 0 Å². The van der Waals surface area contributed by atoms with Crippen LogP contribution in [-0.4, -0.2) is 0 Å². The molecule has 0 atom stereocenters. The van der Waals surface area contributed by atoms with Crippen LogP contribution < -0.4 is 0 Å². The highest BCUT2D eigenvalue weighted by molar-refractivity contribution is 9.10. The van der Waals surface area contributed by atoms with Crippen molar-refractivity contribution >= 4 is 15.9 Å². The van der Waals surface area contributed by atoms with Gasteiger partial charge in [-0.05, 0) is 65.3 Å². The van der Waals surface area contributed by atoms with Crippen molar-refractivity contribution < 1.29 is 0 Å². The Hall–Kier alpha value is -1.08. The zero-order valence-corrected chi connectivity index (χ0v) is 14.1. The van der Waals surface area contributed by atoms with E-state index in [9.17, 15) is 0 Å². The van der Waals surface area contributed by atoms with E-state index in [0.29, 0.717) is 5.41 Å². The van der Waals surface area contributed by atoms with Crippen LogP contribution in [0.1, 0.15) is 44.6 Å². The topological polar surface area (TPSA) is 0 Å². The summed E-state index contributed by atoms with van der Waals surface area (Å²) in [5.74, 6) is 0. The van der Waals surface area contributed by atoms with E-state index in [1.165, 1.54) is 43.2 Å². The molecule has 2 aromatic carbocycles. The largest absolute Gasteiger partial charge is 0.0654 e. The Bertz CT molecular complexity index is 631. The lowest BCUT2D eigenvalue weighted by Gasteiger charge is -2.71. The van der Waals surface area contributed by atoms with Crippen molar-refractivity contribution in [3.8, 4) is 11.1 Å². The molecule has 0 amide bonds. The normalized spacial score (nSPS) is 29.6. The summed E-state index contributed by atoms with van der Waals surface area (Å²) >= 11 is 3.50. The van der Waals surface area contributed by atoms with Crippen LogP contribution in [0.5, 0.6) is 0 Å². The van der Waals surface area contributed by atoms with Gasteiger partial charge < -0.3 is 0 Å². The first kappa shape index (κ1) is 13.6. The Labute approximate surface area is 135 Å². The molecular weight excluding hydrogens is 320 g/mol. The highest BCUT2D eigenvalue weighted by Gasteiger charge is 2.67. The first-order chi connectivity index (χ1) is 10.1. The summed E-state index contributed by atoms with van der Waals surface area (Å²) in [4.78, 5) is 0. The van der Waals surface area contributed by atoms with Gasteiger partial charge >= 0.3 is 0 Å². The molecule has 0 nitrogen and oxygen atoms in total. The van der Waals surface area contributed by atoms with E-state index in [-0.39, 0.29) is 0 Å². The zero-order chi connectivity index (χ0) is 14.5. The van der Waals surface area contributed by atoms with E-state index in [4.69, 9.17) is 0 Å². The molecule has 0 aromatic heterocycles. The summed E-state index contributed by atoms with van der Waals surface area (Å²) in [6.45, 7) is 2.32. The number of benzene rings is 2. The van der Waals surface area contributed by atoms with Crippen molar-refractivity contribution in [2.75, 3.05) is 0 Å². The quantitative estimate of drug-likeness (QED) is 0.609. The van der Waals surface area contributed by atoms with Crippen molar-refractivity contribution in [2.45, 2.75) is 44.4 Å². The molecule has 3 aliphatic carbocycles. The van der Waals surface area contributed by atoms with Crippen molar-refractivity contribution in [3.05, 3.63) is 58.6 Å². The Kier molecular flexibility index (Phi) is 3.04. The highest BCUT2D eigenvalue weighted by Crippen LogP contribution is 2.75. The van der Waals surface area contributed by atoms with E-state index < -0.39 is 0 Å². The maximum atomic E-state index is 3.50. The SMILES string of the molecule is CCCC12CC(c3ccc(-c4ccc(Br)cc4)cc3)(C1)C2.